The Kier molecular flexibility index (Phi) is 5.18. The van der Waals surface area contributed by atoms with Crippen molar-refractivity contribution in [3.63, 3.8) is 0 Å². The van der Waals surface area contributed by atoms with Crippen molar-refractivity contribution < 1.29 is 0 Å². The summed E-state index contributed by atoms with van der Waals surface area (Å²) in [6, 6.07) is 55.7. The number of para-hydroxylation sites is 4. The fraction of sp³-hybridized carbons (Fsp3) is 0.0652. The molecular formula is C46H31N3. The van der Waals surface area contributed by atoms with Crippen LogP contribution in [0.25, 0.3) is 88.1 Å². The maximum Gasteiger partial charge on any atom is 0.146 e. The molecule has 0 fully saturated rings. The molecule has 3 heteroatoms. The minimum Gasteiger partial charge on any atom is -0.309 e. The first-order valence-corrected chi connectivity index (χ1v) is 17.1. The molecule has 230 valence electrons. The van der Waals surface area contributed by atoms with Crippen LogP contribution in [0.5, 0.6) is 0 Å². The Morgan fingerprint density at radius 1 is 0.490 bits per heavy atom. The quantitative estimate of drug-likeness (QED) is 0.175. The number of fused-ring (bicyclic) bond motifs is 15. The number of hydrogen-bond donors (Lipinski definition) is 0. The van der Waals surface area contributed by atoms with Gasteiger partial charge in [0.25, 0.3) is 0 Å². The summed E-state index contributed by atoms with van der Waals surface area (Å²) in [5, 5.41) is 6.10. The van der Waals surface area contributed by atoms with Crippen molar-refractivity contribution in [1.82, 2.24) is 14.0 Å². The van der Waals surface area contributed by atoms with Gasteiger partial charge in [-0.15, -0.1) is 0 Å². The Labute approximate surface area is 283 Å². The Bertz CT molecular complexity index is 3030. The SMILES string of the molecule is CC1(C)c2ccccc2-c2cc(-c3cccc(-n4c5ccccc5c5ccc6c(c7ccccc7n7c8ccccc8nc67)c54)c3)ccc21. The van der Waals surface area contributed by atoms with Gasteiger partial charge in [0.2, 0.25) is 0 Å². The van der Waals surface area contributed by atoms with Crippen molar-refractivity contribution in [2.75, 3.05) is 0 Å². The molecule has 0 saturated heterocycles. The number of pyridine rings is 1. The maximum absolute atomic E-state index is 5.22. The van der Waals surface area contributed by atoms with Crippen LogP contribution in [0, 0.1) is 0 Å². The fourth-order valence-corrected chi connectivity index (χ4v) is 8.84. The van der Waals surface area contributed by atoms with Gasteiger partial charge in [-0.1, -0.05) is 117 Å². The number of rotatable bonds is 2. The van der Waals surface area contributed by atoms with Crippen LogP contribution < -0.4 is 0 Å². The van der Waals surface area contributed by atoms with Gasteiger partial charge in [0.05, 0.1) is 27.6 Å². The third kappa shape index (κ3) is 3.49. The summed E-state index contributed by atoms with van der Waals surface area (Å²) in [6.45, 7) is 4.68. The molecule has 3 heterocycles. The summed E-state index contributed by atoms with van der Waals surface area (Å²) in [6.07, 6.45) is 0. The number of benzene rings is 7. The van der Waals surface area contributed by atoms with Crippen molar-refractivity contribution in [2.45, 2.75) is 19.3 Å². The normalized spacial score (nSPS) is 13.7. The molecule has 1 aliphatic carbocycles. The molecule has 0 atom stereocenters. The first kappa shape index (κ1) is 26.8. The van der Waals surface area contributed by atoms with E-state index in [4.69, 9.17) is 4.98 Å². The lowest BCUT2D eigenvalue weighted by Crippen LogP contribution is -2.14. The first-order chi connectivity index (χ1) is 24.1. The van der Waals surface area contributed by atoms with Crippen molar-refractivity contribution in [3.05, 3.63) is 163 Å². The van der Waals surface area contributed by atoms with E-state index in [1.807, 2.05) is 0 Å². The van der Waals surface area contributed by atoms with Crippen LogP contribution in [0.2, 0.25) is 0 Å². The number of nitrogens with zero attached hydrogens (tertiary/aromatic N) is 3. The Balaban J connectivity index is 1.22. The van der Waals surface area contributed by atoms with Gasteiger partial charge in [0, 0.05) is 38.0 Å². The summed E-state index contributed by atoms with van der Waals surface area (Å²) in [4.78, 5) is 5.22. The minimum atomic E-state index is -0.00871. The smallest absolute Gasteiger partial charge is 0.146 e. The van der Waals surface area contributed by atoms with E-state index in [0.29, 0.717) is 0 Å². The van der Waals surface area contributed by atoms with Crippen LogP contribution in [-0.4, -0.2) is 14.0 Å². The van der Waals surface area contributed by atoms with Crippen LogP contribution >= 0.6 is 0 Å². The third-order valence-electron chi connectivity index (χ3n) is 11.1. The average Bonchev–Trinajstić information content (AvgIpc) is 3.78. The van der Waals surface area contributed by atoms with E-state index >= 15 is 0 Å². The minimum absolute atomic E-state index is 0.00871. The highest BCUT2D eigenvalue weighted by molar-refractivity contribution is 6.28. The van der Waals surface area contributed by atoms with E-state index in [1.54, 1.807) is 0 Å². The van der Waals surface area contributed by atoms with Gasteiger partial charge < -0.3 is 4.57 Å². The largest absolute Gasteiger partial charge is 0.309 e. The molecule has 1 aliphatic rings. The lowest BCUT2D eigenvalue weighted by atomic mass is 9.82. The Morgan fingerprint density at radius 2 is 1.18 bits per heavy atom. The lowest BCUT2D eigenvalue weighted by molar-refractivity contribution is 0.660. The molecule has 11 rings (SSSR count). The maximum atomic E-state index is 5.22. The number of aromatic nitrogens is 3. The molecular weight excluding hydrogens is 595 g/mol. The van der Waals surface area contributed by atoms with E-state index < -0.39 is 0 Å². The van der Waals surface area contributed by atoms with Crippen LogP contribution in [-0.2, 0) is 5.41 Å². The molecule has 0 unspecified atom stereocenters. The lowest BCUT2D eigenvalue weighted by Gasteiger charge is -2.21. The molecule has 10 aromatic rings. The van der Waals surface area contributed by atoms with Crippen LogP contribution in [0.15, 0.2) is 152 Å². The average molecular weight is 626 g/mol. The summed E-state index contributed by atoms with van der Waals surface area (Å²) in [5.41, 5.74) is 15.8. The van der Waals surface area contributed by atoms with Crippen molar-refractivity contribution in [2.24, 2.45) is 0 Å². The number of hydrogen-bond acceptors (Lipinski definition) is 1. The highest BCUT2D eigenvalue weighted by Crippen LogP contribution is 2.49. The van der Waals surface area contributed by atoms with Crippen molar-refractivity contribution in [1.29, 1.82) is 0 Å². The predicted octanol–water partition coefficient (Wildman–Crippen LogP) is 11.9. The molecule has 0 N–H and O–H groups in total. The Hall–Kier alpha value is -6.19. The highest BCUT2D eigenvalue weighted by atomic mass is 15.0. The highest BCUT2D eigenvalue weighted by Gasteiger charge is 2.35. The van der Waals surface area contributed by atoms with Gasteiger partial charge in [-0.2, -0.15) is 0 Å². The first-order valence-electron chi connectivity index (χ1n) is 17.1. The predicted molar refractivity (Wildman–Crippen MR) is 205 cm³/mol. The van der Waals surface area contributed by atoms with Crippen LogP contribution in [0.3, 0.4) is 0 Å². The van der Waals surface area contributed by atoms with Gasteiger partial charge in [0.1, 0.15) is 5.65 Å². The molecule has 0 bridgehead atoms. The van der Waals surface area contributed by atoms with Crippen LogP contribution in [0.1, 0.15) is 25.0 Å². The fourth-order valence-electron chi connectivity index (χ4n) is 8.84. The van der Waals surface area contributed by atoms with Gasteiger partial charge in [-0.3, -0.25) is 4.40 Å². The molecule has 0 aliphatic heterocycles. The molecule has 0 saturated carbocycles. The molecule has 7 aromatic carbocycles. The molecule has 0 amide bonds. The van der Waals surface area contributed by atoms with Gasteiger partial charge in [-0.25, -0.2) is 4.98 Å². The van der Waals surface area contributed by atoms with Gasteiger partial charge in [0.15, 0.2) is 0 Å². The molecule has 3 nitrogen and oxygen atoms in total. The van der Waals surface area contributed by atoms with Crippen molar-refractivity contribution >= 4 is 60.2 Å². The third-order valence-corrected chi connectivity index (χ3v) is 11.1. The van der Waals surface area contributed by atoms with E-state index in [9.17, 15) is 0 Å². The zero-order chi connectivity index (χ0) is 32.4. The topological polar surface area (TPSA) is 22.2 Å². The molecule has 3 aromatic heterocycles. The van der Waals surface area contributed by atoms with E-state index in [2.05, 4.69) is 174 Å². The number of imidazole rings is 1. The zero-order valence-corrected chi connectivity index (χ0v) is 27.3. The van der Waals surface area contributed by atoms with Gasteiger partial charge >= 0.3 is 0 Å². The monoisotopic (exact) mass is 625 g/mol. The summed E-state index contributed by atoms with van der Waals surface area (Å²) >= 11 is 0. The Morgan fingerprint density at radius 3 is 2.08 bits per heavy atom. The summed E-state index contributed by atoms with van der Waals surface area (Å²) in [5.74, 6) is 0. The standard InChI is InChI=1S/C46H31N3/c1-46(2)37-17-6-3-14-31(37)36-27-29(22-25-38(36)46)28-12-11-13-30(26-28)48-40-19-8-4-15-32(40)33-23-24-35-43(44(33)48)34-16-5-9-20-41(34)49-42-21-10-7-18-39(42)47-45(35)49/h3-27H,1-2H3. The van der Waals surface area contributed by atoms with E-state index in [1.165, 1.54) is 66.0 Å². The zero-order valence-electron chi connectivity index (χ0n) is 27.3. The van der Waals surface area contributed by atoms with E-state index in [0.717, 1.165) is 33.3 Å². The molecule has 49 heavy (non-hydrogen) atoms. The second kappa shape index (κ2) is 9.46. The summed E-state index contributed by atoms with van der Waals surface area (Å²) in [7, 11) is 0. The second-order valence-corrected chi connectivity index (χ2v) is 14.0. The van der Waals surface area contributed by atoms with Gasteiger partial charge in [-0.05, 0) is 81.9 Å². The molecule has 0 spiro atoms. The van der Waals surface area contributed by atoms with E-state index in [-0.39, 0.29) is 5.41 Å². The van der Waals surface area contributed by atoms with Crippen molar-refractivity contribution in [3.8, 4) is 27.9 Å². The summed E-state index contributed by atoms with van der Waals surface area (Å²) < 4.78 is 4.81. The second-order valence-electron chi connectivity index (χ2n) is 14.0. The molecule has 0 radical (unpaired) electrons. The van der Waals surface area contributed by atoms with Crippen LogP contribution in [0.4, 0.5) is 0 Å².